The van der Waals surface area contributed by atoms with Gasteiger partial charge in [-0.15, -0.1) is 20.4 Å². The van der Waals surface area contributed by atoms with Crippen molar-refractivity contribution in [3.05, 3.63) is 5.28 Å². The SMILES string of the molecule is CCCCOC(=O)N1CCCC(Nc2nnc(Cl)nn2)C1. The van der Waals surface area contributed by atoms with Crippen molar-refractivity contribution in [2.45, 2.75) is 38.6 Å². The zero-order valence-electron chi connectivity index (χ0n) is 12.0. The summed E-state index contributed by atoms with van der Waals surface area (Å²) in [5, 5.41) is 18.0. The maximum atomic E-state index is 11.9. The highest BCUT2D eigenvalue weighted by molar-refractivity contribution is 6.28. The molecule has 2 heterocycles. The summed E-state index contributed by atoms with van der Waals surface area (Å²) >= 11 is 5.54. The fraction of sp³-hybridized carbons (Fsp3) is 0.750. The third kappa shape index (κ3) is 4.96. The van der Waals surface area contributed by atoms with Gasteiger partial charge >= 0.3 is 6.09 Å². The van der Waals surface area contributed by atoms with Crippen LogP contribution in [-0.2, 0) is 4.74 Å². The Balaban J connectivity index is 1.82. The van der Waals surface area contributed by atoms with Crippen LogP contribution in [0.1, 0.15) is 32.6 Å². The van der Waals surface area contributed by atoms with E-state index in [4.69, 9.17) is 16.3 Å². The van der Waals surface area contributed by atoms with E-state index >= 15 is 0 Å². The smallest absolute Gasteiger partial charge is 0.409 e. The number of amides is 1. The normalized spacial score (nSPS) is 18.4. The van der Waals surface area contributed by atoms with Gasteiger partial charge in [-0.3, -0.25) is 0 Å². The minimum Gasteiger partial charge on any atom is -0.449 e. The molecule has 0 aliphatic carbocycles. The highest BCUT2D eigenvalue weighted by Crippen LogP contribution is 2.14. The number of nitrogens with one attached hydrogen (secondary N) is 1. The van der Waals surface area contributed by atoms with Gasteiger partial charge in [0.1, 0.15) is 0 Å². The van der Waals surface area contributed by atoms with Crippen molar-refractivity contribution >= 4 is 23.6 Å². The molecule has 0 radical (unpaired) electrons. The molecule has 1 fully saturated rings. The van der Waals surface area contributed by atoms with Crippen LogP contribution in [0.2, 0.25) is 5.28 Å². The van der Waals surface area contributed by atoms with E-state index in [1.165, 1.54) is 0 Å². The standard InChI is InChI=1S/C12H19ClN6O2/c1-2-3-7-21-12(20)19-6-4-5-9(8-19)14-11-17-15-10(13)16-18-11/h9H,2-8H2,1H3,(H,14,17,18). The maximum absolute atomic E-state index is 11.9. The number of unbranched alkanes of at least 4 members (excludes halogenated alkanes) is 1. The lowest BCUT2D eigenvalue weighted by atomic mass is 10.1. The molecule has 0 bridgehead atoms. The minimum atomic E-state index is -0.261. The van der Waals surface area contributed by atoms with Crippen LogP contribution in [-0.4, -0.2) is 57.1 Å². The minimum absolute atomic E-state index is 0.00493. The second-order valence-electron chi connectivity index (χ2n) is 4.89. The van der Waals surface area contributed by atoms with E-state index < -0.39 is 0 Å². The molecule has 1 aliphatic heterocycles. The van der Waals surface area contributed by atoms with Crippen molar-refractivity contribution < 1.29 is 9.53 Å². The highest BCUT2D eigenvalue weighted by atomic mass is 35.5. The summed E-state index contributed by atoms with van der Waals surface area (Å²) in [6.45, 7) is 3.79. The quantitative estimate of drug-likeness (QED) is 0.827. The van der Waals surface area contributed by atoms with Crippen LogP contribution < -0.4 is 5.32 Å². The molecule has 9 heteroatoms. The molecule has 1 aliphatic rings. The van der Waals surface area contributed by atoms with Gasteiger partial charge in [0.2, 0.25) is 0 Å². The van der Waals surface area contributed by atoms with E-state index in [2.05, 4.69) is 32.6 Å². The number of likely N-dealkylation sites (tertiary alicyclic amines) is 1. The van der Waals surface area contributed by atoms with E-state index in [9.17, 15) is 4.79 Å². The summed E-state index contributed by atoms with van der Waals surface area (Å²) in [5.74, 6) is 0.311. The van der Waals surface area contributed by atoms with Gasteiger partial charge < -0.3 is 15.0 Å². The number of anilines is 1. The third-order valence-corrected chi connectivity index (χ3v) is 3.34. The Labute approximate surface area is 128 Å². The average molecular weight is 315 g/mol. The molecule has 1 aromatic rings. The van der Waals surface area contributed by atoms with Crippen LogP contribution in [0.3, 0.4) is 0 Å². The van der Waals surface area contributed by atoms with Crippen molar-refractivity contribution in [3.8, 4) is 0 Å². The fourth-order valence-corrected chi connectivity index (χ4v) is 2.19. The largest absolute Gasteiger partial charge is 0.449 e. The first-order chi connectivity index (χ1) is 10.2. The predicted molar refractivity (Wildman–Crippen MR) is 77.1 cm³/mol. The van der Waals surface area contributed by atoms with Crippen LogP contribution in [0, 0.1) is 0 Å². The highest BCUT2D eigenvalue weighted by Gasteiger charge is 2.25. The van der Waals surface area contributed by atoms with Gasteiger partial charge in [-0.1, -0.05) is 13.3 Å². The number of hydrogen-bond acceptors (Lipinski definition) is 7. The Bertz CT molecular complexity index is 458. The zero-order chi connectivity index (χ0) is 15.1. The van der Waals surface area contributed by atoms with Gasteiger partial charge in [-0.2, -0.15) is 0 Å². The van der Waals surface area contributed by atoms with Crippen LogP contribution in [0.15, 0.2) is 0 Å². The Morgan fingerprint density at radius 1 is 1.43 bits per heavy atom. The molecule has 1 atom stereocenters. The van der Waals surface area contributed by atoms with Crippen molar-refractivity contribution in [1.82, 2.24) is 25.3 Å². The van der Waals surface area contributed by atoms with Crippen molar-refractivity contribution in [2.75, 3.05) is 25.0 Å². The topological polar surface area (TPSA) is 93.1 Å². The molecule has 1 aromatic heterocycles. The lowest BCUT2D eigenvalue weighted by Crippen LogP contribution is -2.45. The van der Waals surface area contributed by atoms with Gasteiger partial charge in [-0.05, 0) is 30.9 Å². The molecule has 0 saturated carbocycles. The number of carbonyl (C=O) groups excluding carboxylic acids is 1. The molecule has 8 nitrogen and oxygen atoms in total. The number of piperidine rings is 1. The fourth-order valence-electron chi connectivity index (χ4n) is 2.11. The molecule has 1 saturated heterocycles. The van der Waals surface area contributed by atoms with E-state index in [0.717, 1.165) is 25.7 Å². The van der Waals surface area contributed by atoms with E-state index in [1.54, 1.807) is 4.90 Å². The summed E-state index contributed by atoms with van der Waals surface area (Å²) in [6, 6.07) is 0.0576. The lowest BCUT2D eigenvalue weighted by molar-refractivity contribution is 0.0920. The van der Waals surface area contributed by atoms with Gasteiger partial charge in [0.05, 0.1) is 6.61 Å². The molecule has 1 amide bonds. The number of ether oxygens (including phenoxy) is 1. The first-order valence-electron chi connectivity index (χ1n) is 7.10. The van der Waals surface area contributed by atoms with Gasteiger partial charge in [0, 0.05) is 19.1 Å². The van der Waals surface area contributed by atoms with E-state index in [0.29, 0.717) is 25.6 Å². The monoisotopic (exact) mass is 314 g/mol. The van der Waals surface area contributed by atoms with Crippen molar-refractivity contribution in [1.29, 1.82) is 0 Å². The Hall–Kier alpha value is -1.70. The van der Waals surface area contributed by atoms with Crippen LogP contribution >= 0.6 is 11.6 Å². The number of rotatable bonds is 5. The zero-order valence-corrected chi connectivity index (χ0v) is 12.7. The molecule has 1 N–H and O–H groups in total. The summed E-state index contributed by atoms with van der Waals surface area (Å²) in [6.07, 6.45) is 3.45. The number of aromatic nitrogens is 4. The van der Waals surface area contributed by atoms with Crippen LogP contribution in [0.5, 0.6) is 0 Å². The Kier molecular flexibility index (Phi) is 5.91. The molecular weight excluding hydrogens is 296 g/mol. The molecule has 21 heavy (non-hydrogen) atoms. The second-order valence-corrected chi connectivity index (χ2v) is 5.23. The first-order valence-corrected chi connectivity index (χ1v) is 7.48. The number of nitrogens with zero attached hydrogens (tertiary/aromatic N) is 5. The summed E-state index contributed by atoms with van der Waals surface area (Å²) in [5.41, 5.74) is 0. The number of hydrogen-bond donors (Lipinski definition) is 1. The molecule has 116 valence electrons. The van der Waals surface area contributed by atoms with Gasteiger partial charge in [0.25, 0.3) is 11.2 Å². The number of halogens is 1. The predicted octanol–water partition coefficient (Wildman–Crippen LogP) is 1.73. The van der Waals surface area contributed by atoms with E-state index in [1.807, 2.05) is 0 Å². The molecule has 0 spiro atoms. The molecule has 1 unspecified atom stereocenters. The Morgan fingerprint density at radius 3 is 2.90 bits per heavy atom. The molecule has 0 aromatic carbocycles. The summed E-state index contributed by atoms with van der Waals surface area (Å²) < 4.78 is 5.22. The molecule has 2 rings (SSSR count). The lowest BCUT2D eigenvalue weighted by Gasteiger charge is -2.32. The first kappa shape index (κ1) is 15.7. The summed E-state index contributed by atoms with van der Waals surface area (Å²) in [7, 11) is 0. The summed E-state index contributed by atoms with van der Waals surface area (Å²) in [4.78, 5) is 13.6. The third-order valence-electron chi connectivity index (χ3n) is 3.19. The van der Waals surface area contributed by atoms with Crippen LogP contribution in [0.4, 0.5) is 10.7 Å². The van der Waals surface area contributed by atoms with Gasteiger partial charge in [-0.25, -0.2) is 4.79 Å². The Morgan fingerprint density at radius 2 is 2.19 bits per heavy atom. The second kappa shape index (κ2) is 7.92. The number of carbonyl (C=O) groups is 1. The van der Waals surface area contributed by atoms with E-state index in [-0.39, 0.29) is 17.4 Å². The van der Waals surface area contributed by atoms with Crippen LogP contribution in [0.25, 0.3) is 0 Å². The van der Waals surface area contributed by atoms with Crippen molar-refractivity contribution in [3.63, 3.8) is 0 Å². The maximum Gasteiger partial charge on any atom is 0.409 e. The average Bonchev–Trinajstić information content (AvgIpc) is 2.50. The molecular formula is C12H19ClN6O2. The van der Waals surface area contributed by atoms with Gasteiger partial charge in [0.15, 0.2) is 0 Å². The van der Waals surface area contributed by atoms with Crippen molar-refractivity contribution in [2.24, 2.45) is 0 Å².